The van der Waals surface area contributed by atoms with Crippen molar-refractivity contribution < 1.29 is 26.3 Å². The van der Waals surface area contributed by atoms with Crippen molar-refractivity contribution in [2.45, 2.75) is 29.9 Å². The van der Waals surface area contributed by atoms with Gasteiger partial charge in [0.25, 0.3) is 0 Å². The molecule has 6 nitrogen and oxygen atoms in total. The van der Waals surface area contributed by atoms with Gasteiger partial charge < -0.3 is 4.57 Å². The van der Waals surface area contributed by atoms with Crippen molar-refractivity contribution in [2.24, 2.45) is 12.0 Å². The van der Waals surface area contributed by atoms with Crippen LogP contribution in [-0.2, 0) is 19.4 Å². The number of rotatable bonds is 3. The van der Waals surface area contributed by atoms with Crippen molar-refractivity contribution in [3.8, 4) is 0 Å². The number of pyridine rings is 1. The zero-order chi connectivity index (χ0) is 22.6. The molecule has 0 bridgehead atoms. The molecule has 31 heavy (non-hydrogen) atoms. The molecule has 3 aromatic rings. The van der Waals surface area contributed by atoms with Gasteiger partial charge in [0.05, 0.1) is 21.8 Å². The fourth-order valence-electron chi connectivity index (χ4n) is 3.07. The zero-order valence-electron chi connectivity index (χ0n) is 15.9. The second-order valence-corrected chi connectivity index (χ2v) is 9.35. The monoisotopic (exact) mass is 480 g/mol. The number of imidazole rings is 1. The van der Waals surface area contributed by atoms with Gasteiger partial charge in [-0.3, -0.25) is 0 Å². The van der Waals surface area contributed by atoms with Crippen LogP contribution in [0, 0.1) is 0 Å². The molecule has 1 aliphatic rings. The summed E-state index contributed by atoms with van der Waals surface area (Å²) in [6.45, 7) is 1.92. The van der Waals surface area contributed by atoms with E-state index in [-0.39, 0.29) is 15.3 Å². The molecule has 0 saturated heterocycles. The molecule has 14 heteroatoms. The lowest BCUT2D eigenvalue weighted by molar-refractivity contribution is -0.142. The fraction of sp³-hybridized carbons (Fsp3) is 0.412. The number of halogens is 6. The van der Waals surface area contributed by atoms with Gasteiger partial charge in [-0.1, -0.05) is 18.7 Å². The summed E-state index contributed by atoms with van der Waals surface area (Å²) in [4.78, 5) is 12.3. The Bertz CT molecular complexity index is 1150. The molecule has 2 unspecified atom stereocenters. The van der Waals surface area contributed by atoms with Gasteiger partial charge in [0.15, 0.2) is 10.9 Å². The maximum atomic E-state index is 13.0. The molecule has 4 heterocycles. The summed E-state index contributed by atoms with van der Waals surface area (Å²) in [5, 5.41) is 3.82. The molecule has 0 radical (unpaired) electrons. The zero-order valence-corrected chi connectivity index (χ0v) is 17.6. The summed E-state index contributed by atoms with van der Waals surface area (Å²) in [6.07, 6.45) is -6.89. The molecule has 1 aliphatic heterocycles. The SMILES string of the molecule is CCSC1SC(n2ccc(C(F)(F)F)n2)=NC1c1nc2cc(C(F)(F)F)ncc2n1C. The van der Waals surface area contributed by atoms with Crippen molar-refractivity contribution in [1.82, 2.24) is 24.3 Å². The number of hydrogen-bond acceptors (Lipinski definition) is 6. The number of fused-ring (bicyclic) bond motifs is 1. The highest BCUT2D eigenvalue weighted by atomic mass is 32.2. The van der Waals surface area contributed by atoms with Crippen molar-refractivity contribution in [1.29, 1.82) is 0 Å². The highest BCUT2D eigenvalue weighted by Gasteiger charge is 2.38. The van der Waals surface area contributed by atoms with E-state index in [4.69, 9.17) is 0 Å². The van der Waals surface area contributed by atoms with Crippen LogP contribution in [0.15, 0.2) is 29.5 Å². The van der Waals surface area contributed by atoms with E-state index in [0.29, 0.717) is 17.1 Å². The van der Waals surface area contributed by atoms with Crippen LogP contribution in [0.25, 0.3) is 11.0 Å². The summed E-state index contributed by atoms with van der Waals surface area (Å²) in [6, 6.07) is 1.14. The minimum absolute atomic E-state index is 0.118. The van der Waals surface area contributed by atoms with Crippen LogP contribution in [-0.4, -0.2) is 39.8 Å². The lowest BCUT2D eigenvalue weighted by Gasteiger charge is -2.15. The Morgan fingerprint density at radius 1 is 1.13 bits per heavy atom. The van der Waals surface area contributed by atoms with Gasteiger partial charge >= 0.3 is 12.4 Å². The summed E-state index contributed by atoms with van der Waals surface area (Å²) >= 11 is 2.75. The van der Waals surface area contributed by atoms with Gasteiger partial charge in [-0.15, -0.1) is 11.8 Å². The van der Waals surface area contributed by atoms with Gasteiger partial charge in [0.1, 0.15) is 17.6 Å². The van der Waals surface area contributed by atoms with E-state index in [2.05, 4.69) is 20.1 Å². The van der Waals surface area contributed by atoms with Gasteiger partial charge in [0.2, 0.25) is 0 Å². The van der Waals surface area contributed by atoms with E-state index in [1.807, 2.05) is 6.92 Å². The minimum atomic E-state index is -4.60. The number of nitrogens with zero attached hydrogens (tertiary/aromatic N) is 6. The molecule has 3 aromatic heterocycles. The quantitative estimate of drug-likeness (QED) is 0.496. The molecule has 0 N–H and O–H groups in total. The number of aliphatic imine (C=N–C) groups is 1. The Kier molecular flexibility index (Phi) is 5.48. The number of alkyl halides is 6. The lowest BCUT2D eigenvalue weighted by atomic mass is 10.3. The topological polar surface area (TPSA) is 60.9 Å². The van der Waals surface area contributed by atoms with Crippen molar-refractivity contribution >= 4 is 39.7 Å². The Morgan fingerprint density at radius 2 is 1.84 bits per heavy atom. The smallest absolute Gasteiger partial charge is 0.328 e. The highest BCUT2D eigenvalue weighted by molar-refractivity contribution is 8.25. The summed E-state index contributed by atoms with van der Waals surface area (Å²) in [5.74, 6) is 1.10. The number of aryl methyl sites for hydroxylation is 1. The molecule has 0 aliphatic carbocycles. The molecule has 0 fully saturated rings. The second-order valence-electron chi connectivity index (χ2n) is 6.53. The largest absolute Gasteiger partial charge is 0.435 e. The Balaban J connectivity index is 1.74. The van der Waals surface area contributed by atoms with E-state index in [9.17, 15) is 26.3 Å². The van der Waals surface area contributed by atoms with E-state index >= 15 is 0 Å². The molecular weight excluding hydrogens is 466 g/mol. The van der Waals surface area contributed by atoms with Crippen LogP contribution in [0.3, 0.4) is 0 Å². The number of thioether (sulfide) groups is 2. The Labute approximate surface area is 180 Å². The normalized spacial score (nSPS) is 19.9. The average molecular weight is 480 g/mol. The third kappa shape index (κ3) is 4.14. The van der Waals surface area contributed by atoms with Gasteiger partial charge in [-0.2, -0.15) is 31.4 Å². The van der Waals surface area contributed by atoms with Gasteiger partial charge in [-0.05, 0) is 17.9 Å². The van der Waals surface area contributed by atoms with Crippen LogP contribution in [0.4, 0.5) is 26.3 Å². The van der Waals surface area contributed by atoms with E-state index < -0.39 is 29.8 Å². The number of aromatic nitrogens is 5. The predicted octanol–water partition coefficient (Wildman–Crippen LogP) is 4.97. The number of hydrogen-bond donors (Lipinski definition) is 0. The maximum Gasteiger partial charge on any atom is 0.435 e. The van der Waals surface area contributed by atoms with E-state index in [0.717, 1.165) is 23.0 Å². The predicted molar refractivity (Wildman–Crippen MR) is 106 cm³/mol. The first kappa shape index (κ1) is 22.0. The van der Waals surface area contributed by atoms with Crippen LogP contribution < -0.4 is 0 Å². The molecule has 0 aromatic carbocycles. The van der Waals surface area contributed by atoms with Crippen LogP contribution >= 0.6 is 23.5 Å². The maximum absolute atomic E-state index is 13.0. The van der Waals surface area contributed by atoms with Crippen LogP contribution in [0.5, 0.6) is 0 Å². The standard InChI is InChI=1S/C17H14F6N6S2/c1-3-30-14-12(26-15(31-14)29-5-4-10(27-29)16(18,19)20)13-25-8-6-11(17(21,22)23)24-7-9(8)28(13)2/h4-7,12,14H,3H2,1-2H3. The minimum Gasteiger partial charge on any atom is -0.328 e. The van der Waals surface area contributed by atoms with Crippen LogP contribution in [0.2, 0.25) is 0 Å². The lowest BCUT2D eigenvalue weighted by Crippen LogP contribution is -2.12. The van der Waals surface area contributed by atoms with Crippen LogP contribution in [0.1, 0.15) is 30.2 Å². The van der Waals surface area contributed by atoms with E-state index in [1.54, 1.807) is 11.6 Å². The van der Waals surface area contributed by atoms with Gasteiger partial charge in [-0.25, -0.2) is 19.6 Å². The van der Waals surface area contributed by atoms with E-state index in [1.165, 1.54) is 29.7 Å². The molecule has 2 atom stereocenters. The fourth-order valence-corrected chi connectivity index (χ4v) is 5.60. The average Bonchev–Trinajstić information content (AvgIpc) is 3.38. The Hall–Kier alpha value is -2.22. The summed E-state index contributed by atoms with van der Waals surface area (Å²) in [5.41, 5.74) is -1.57. The molecule has 0 spiro atoms. The third-order valence-corrected chi connectivity index (χ3v) is 7.10. The third-order valence-electron chi connectivity index (χ3n) is 4.49. The molecule has 166 valence electrons. The summed E-state index contributed by atoms with van der Waals surface area (Å²) in [7, 11) is 1.64. The first-order chi connectivity index (χ1) is 14.5. The molecule has 4 rings (SSSR count). The highest BCUT2D eigenvalue weighted by Crippen LogP contribution is 2.44. The molecule has 0 amide bonds. The van der Waals surface area contributed by atoms with Crippen molar-refractivity contribution in [3.63, 3.8) is 0 Å². The van der Waals surface area contributed by atoms with Gasteiger partial charge in [0, 0.05) is 13.2 Å². The molecule has 0 saturated carbocycles. The first-order valence-corrected chi connectivity index (χ1v) is 10.8. The first-order valence-electron chi connectivity index (χ1n) is 8.88. The summed E-state index contributed by atoms with van der Waals surface area (Å²) < 4.78 is 80.1. The van der Waals surface area contributed by atoms with Crippen molar-refractivity contribution in [2.75, 3.05) is 5.75 Å². The molecular formula is C17H14F6N6S2. The second kappa shape index (κ2) is 7.73. The Morgan fingerprint density at radius 3 is 2.45 bits per heavy atom. The van der Waals surface area contributed by atoms with Crippen molar-refractivity contribution in [3.05, 3.63) is 41.7 Å².